The number of rotatable bonds is 4. The summed E-state index contributed by atoms with van der Waals surface area (Å²) < 4.78 is 41.5. The Hall–Kier alpha value is -2.40. The molecule has 0 spiro atoms. The number of pyridine rings is 1. The first kappa shape index (κ1) is 16.5. The Morgan fingerprint density at radius 2 is 2.25 bits per heavy atom. The van der Waals surface area contributed by atoms with Gasteiger partial charge in [0.05, 0.1) is 12.5 Å². The van der Waals surface area contributed by atoms with Crippen molar-refractivity contribution in [1.82, 2.24) is 26.5 Å². The molecule has 4 N–H and O–H groups in total. The maximum Gasteiger partial charge on any atom is 0.422 e. The molecule has 2 aliphatic rings. The van der Waals surface area contributed by atoms with Crippen molar-refractivity contribution < 1.29 is 22.7 Å². The van der Waals surface area contributed by atoms with Crippen molar-refractivity contribution in [3.05, 3.63) is 23.9 Å². The van der Waals surface area contributed by atoms with Crippen molar-refractivity contribution in [1.29, 1.82) is 0 Å². The first-order valence-electron chi connectivity index (χ1n) is 7.16. The summed E-state index contributed by atoms with van der Waals surface area (Å²) in [6.45, 7) is -0.925. The Labute approximate surface area is 134 Å². The highest BCUT2D eigenvalue weighted by Crippen LogP contribution is 2.20. The fourth-order valence-electron chi connectivity index (χ4n) is 2.34. The van der Waals surface area contributed by atoms with Crippen molar-refractivity contribution in [3.63, 3.8) is 0 Å². The molecule has 11 heteroatoms. The number of hydrogen-bond donors (Lipinski definition) is 4. The van der Waals surface area contributed by atoms with Crippen molar-refractivity contribution in [2.24, 2.45) is 10.9 Å². The molecule has 8 nitrogen and oxygen atoms in total. The monoisotopic (exact) mass is 344 g/mol. The number of aliphatic imine (C=N–C) groups is 1. The maximum absolute atomic E-state index is 12.3. The van der Waals surface area contributed by atoms with Crippen LogP contribution in [0.2, 0.25) is 0 Å². The largest absolute Gasteiger partial charge is 0.468 e. The second-order valence-corrected chi connectivity index (χ2v) is 5.28. The number of amides is 1. The number of guanidine groups is 1. The predicted octanol–water partition coefficient (Wildman–Crippen LogP) is -0.352. The van der Waals surface area contributed by atoms with Gasteiger partial charge in [0, 0.05) is 18.3 Å². The van der Waals surface area contributed by atoms with E-state index in [1.807, 2.05) is 0 Å². The minimum absolute atomic E-state index is 0.00839. The van der Waals surface area contributed by atoms with Gasteiger partial charge in [-0.05, 0) is 6.07 Å². The van der Waals surface area contributed by atoms with Crippen LogP contribution < -0.4 is 26.2 Å². The van der Waals surface area contributed by atoms with Crippen LogP contribution in [-0.2, 0) is 11.3 Å². The Bertz CT molecular complexity index is 651. The van der Waals surface area contributed by atoms with E-state index < -0.39 is 12.8 Å². The number of aromatic nitrogens is 1. The van der Waals surface area contributed by atoms with Crippen molar-refractivity contribution in [2.45, 2.75) is 18.9 Å². The zero-order valence-electron chi connectivity index (χ0n) is 12.4. The molecule has 2 fully saturated rings. The molecule has 0 saturated carbocycles. The first-order valence-corrected chi connectivity index (χ1v) is 7.16. The van der Waals surface area contributed by atoms with Crippen LogP contribution in [0, 0.1) is 5.92 Å². The normalized spacial score (nSPS) is 25.1. The molecule has 0 aliphatic carbocycles. The molecule has 3 rings (SSSR count). The van der Waals surface area contributed by atoms with Gasteiger partial charge in [-0.3, -0.25) is 15.5 Å². The minimum Gasteiger partial charge on any atom is -0.468 e. The lowest BCUT2D eigenvalue weighted by atomic mass is 10.1. The van der Waals surface area contributed by atoms with Crippen LogP contribution >= 0.6 is 0 Å². The number of carbonyl (C=O) groups excluding carboxylic acids is 1. The molecule has 3 heterocycles. The summed E-state index contributed by atoms with van der Waals surface area (Å²) in [7, 11) is 0. The van der Waals surface area contributed by atoms with Crippen LogP contribution in [0.5, 0.6) is 5.88 Å². The number of alkyl halides is 3. The summed E-state index contributed by atoms with van der Waals surface area (Å²) >= 11 is 0. The van der Waals surface area contributed by atoms with Gasteiger partial charge < -0.3 is 10.1 Å². The third-order valence-electron chi connectivity index (χ3n) is 3.48. The average molecular weight is 344 g/mol. The summed E-state index contributed by atoms with van der Waals surface area (Å²) in [5.41, 5.74) is 6.14. The number of ether oxygens (including phenoxy) is 1. The topological polar surface area (TPSA) is 99.7 Å². The molecule has 2 unspecified atom stereocenters. The second kappa shape index (κ2) is 6.61. The molecule has 0 aromatic carbocycles. The number of fused-ring (bicyclic) bond motifs is 1. The van der Waals surface area contributed by atoms with Crippen molar-refractivity contribution in [2.75, 3.05) is 13.2 Å². The van der Waals surface area contributed by atoms with Crippen LogP contribution in [0.3, 0.4) is 0 Å². The van der Waals surface area contributed by atoms with Crippen LogP contribution in [0.1, 0.15) is 5.56 Å². The standard InChI is InChI=1S/C13H15F3N6O2/c14-13(15,16)6-24-11-7(2-1-3-17-11)4-18-12-20-9-8(5-19-22-9)10(23)21-12/h1-3,8-9,19,22H,4-6H2,(H2,18,20,21,23). The number of nitrogens with zero attached hydrogens (tertiary/aromatic N) is 2. The van der Waals surface area contributed by atoms with E-state index in [-0.39, 0.29) is 36.4 Å². The highest BCUT2D eigenvalue weighted by atomic mass is 19.4. The zero-order chi connectivity index (χ0) is 17.2. The molecular formula is C13H15F3N6O2. The molecule has 1 amide bonds. The molecular weight excluding hydrogens is 329 g/mol. The van der Waals surface area contributed by atoms with Gasteiger partial charge in [-0.15, -0.1) is 0 Å². The number of hydrazine groups is 1. The lowest BCUT2D eigenvalue weighted by molar-refractivity contribution is -0.154. The van der Waals surface area contributed by atoms with Gasteiger partial charge in [0.1, 0.15) is 6.17 Å². The zero-order valence-corrected chi connectivity index (χ0v) is 12.4. The lowest BCUT2D eigenvalue weighted by Crippen LogP contribution is -2.61. The Morgan fingerprint density at radius 1 is 1.42 bits per heavy atom. The van der Waals surface area contributed by atoms with Gasteiger partial charge in [0.2, 0.25) is 11.8 Å². The van der Waals surface area contributed by atoms with Crippen molar-refractivity contribution >= 4 is 11.9 Å². The molecule has 1 aromatic heterocycles. The first-order chi connectivity index (χ1) is 11.4. The molecule has 2 saturated heterocycles. The van der Waals surface area contributed by atoms with Gasteiger partial charge in [0.15, 0.2) is 12.6 Å². The summed E-state index contributed by atoms with van der Waals surface area (Å²) in [6.07, 6.45) is -3.40. The van der Waals surface area contributed by atoms with E-state index in [9.17, 15) is 18.0 Å². The maximum atomic E-state index is 12.3. The molecule has 2 atom stereocenters. The number of carbonyl (C=O) groups is 1. The van der Waals surface area contributed by atoms with Gasteiger partial charge in [-0.2, -0.15) is 13.2 Å². The SMILES string of the molecule is O=C1NC(=NCc2cccnc2OCC(F)(F)F)NC2NNCC12. The Balaban J connectivity index is 1.67. The highest BCUT2D eigenvalue weighted by molar-refractivity contribution is 6.01. The minimum atomic E-state index is -4.45. The number of hydrogen-bond acceptors (Lipinski definition) is 6. The summed E-state index contributed by atoms with van der Waals surface area (Å²) in [4.78, 5) is 19.9. The van der Waals surface area contributed by atoms with Gasteiger partial charge in [-0.25, -0.2) is 15.4 Å². The summed E-state index contributed by atoms with van der Waals surface area (Å²) in [6, 6.07) is 3.13. The summed E-state index contributed by atoms with van der Waals surface area (Å²) in [5, 5.41) is 5.61. The lowest BCUT2D eigenvalue weighted by Gasteiger charge is -2.27. The van der Waals surface area contributed by atoms with E-state index in [4.69, 9.17) is 4.74 Å². The van der Waals surface area contributed by atoms with E-state index in [0.717, 1.165) is 0 Å². The summed E-state index contributed by atoms with van der Waals surface area (Å²) in [5.74, 6) is -0.342. The Morgan fingerprint density at radius 3 is 3.04 bits per heavy atom. The molecule has 24 heavy (non-hydrogen) atoms. The molecule has 1 aromatic rings. The van der Waals surface area contributed by atoms with Crippen molar-refractivity contribution in [3.8, 4) is 5.88 Å². The quantitative estimate of drug-likeness (QED) is 0.596. The molecule has 0 radical (unpaired) electrons. The van der Waals surface area contributed by atoms with E-state index in [0.29, 0.717) is 12.1 Å². The number of nitrogens with one attached hydrogen (secondary N) is 4. The fourth-order valence-corrected chi connectivity index (χ4v) is 2.34. The smallest absolute Gasteiger partial charge is 0.422 e. The van der Waals surface area contributed by atoms with Gasteiger partial charge >= 0.3 is 6.18 Å². The average Bonchev–Trinajstić information content (AvgIpc) is 3.00. The van der Waals surface area contributed by atoms with E-state index in [1.165, 1.54) is 6.20 Å². The van der Waals surface area contributed by atoms with E-state index in [1.54, 1.807) is 12.1 Å². The van der Waals surface area contributed by atoms with Gasteiger partial charge in [0.25, 0.3) is 0 Å². The van der Waals surface area contributed by atoms with Crippen LogP contribution in [0.4, 0.5) is 13.2 Å². The fraction of sp³-hybridized carbons (Fsp3) is 0.462. The predicted molar refractivity (Wildman–Crippen MR) is 76.6 cm³/mol. The van der Waals surface area contributed by atoms with Crippen LogP contribution in [-0.4, -0.2) is 42.3 Å². The van der Waals surface area contributed by atoms with E-state index in [2.05, 4.69) is 31.5 Å². The molecule has 2 aliphatic heterocycles. The van der Waals surface area contributed by atoms with E-state index >= 15 is 0 Å². The van der Waals surface area contributed by atoms with Crippen LogP contribution in [0.25, 0.3) is 0 Å². The highest BCUT2D eigenvalue weighted by Gasteiger charge is 2.37. The second-order valence-electron chi connectivity index (χ2n) is 5.28. The number of halogens is 3. The molecule has 130 valence electrons. The molecule has 0 bridgehead atoms. The Kier molecular flexibility index (Phi) is 4.53. The third kappa shape index (κ3) is 3.92. The van der Waals surface area contributed by atoms with Crippen LogP contribution in [0.15, 0.2) is 23.3 Å². The third-order valence-corrected chi connectivity index (χ3v) is 3.48. The van der Waals surface area contributed by atoms with Gasteiger partial charge in [-0.1, -0.05) is 6.07 Å².